The normalized spacial score (nSPS) is 17.5. The Bertz CT molecular complexity index is 534. The van der Waals surface area contributed by atoms with Crippen LogP contribution in [-0.4, -0.2) is 37.3 Å². The van der Waals surface area contributed by atoms with Crippen LogP contribution in [0.3, 0.4) is 0 Å². The molecule has 24 heavy (non-hydrogen) atoms. The number of benzene rings is 1. The number of nitrogens with zero attached hydrogens (tertiary/aromatic N) is 2. The van der Waals surface area contributed by atoms with Crippen LogP contribution < -0.4 is 4.74 Å². The third-order valence-electron chi connectivity index (χ3n) is 5.40. The summed E-state index contributed by atoms with van der Waals surface area (Å²) in [4.78, 5) is 0. The second kappa shape index (κ2) is 9.69. The Morgan fingerprint density at radius 1 is 1.08 bits per heavy atom. The predicted octanol–water partition coefficient (Wildman–Crippen LogP) is 4.83. The fourth-order valence-electron chi connectivity index (χ4n) is 3.86. The van der Waals surface area contributed by atoms with Crippen LogP contribution in [-0.2, 0) is 0 Å². The molecule has 3 nitrogen and oxygen atoms in total. The molecule has 0 N–H and O–H groups in total. The maximum atomic E-state index is 9.29. The minimum atomic E-state index is 0.655. The third kappa shape index (κ3) is 5.24. The summed E-state index contributed by atoms with van der Waals surface area (Å²) in [6.45, 7) is 9.95. The summed E-state index contributed by atoms with van der Waals surface area (Å²) in [7, 11) is 0. The molecular formula is C21H33N2O+. The number of likely N-dealkylation sites (tertiary alicyclic amines) is 1. The lowest BCUT2D eigenvalue weighted by atomic mass is 10.1. The molecule has 0 bridgehead atoms. The van der Waals surface area contributed by atoms with E-state index in [0.717, 1.165) is 17.9 Å². The first kappa shape index (κ1) is 18.8. The fourth-order valence-corrected chi connectivity index (χ4v) is 3.86. The van der Waals surface area contributed by atoms with Crippen molar-refractivity contribution in [2.45, 2.75) is 58.8 Å². The maximum Gasteiger partial charge on any atom is 0.140 e. The van der Waals surface area contributed by atoms with Crippen LogP contribution in [0.15, 0.2) is 18.2 Å². The van der Waals surface area contributed by atoms with E-state index >= 15 is 0 Å². The highest BCUT2D eigenvalue weighted by Gasteiger charge is 2.27. The van der Waals surface area contributed by atoms with Gasteiger partial charge in [0.1, 0.15) is 25.0 Å². The molecule has 0 unspecified atom stereocenters. The van der Waals surface area contributed by atoms with Crippen molar-refractivity contribution in [1.82, 2.24) is 0 Å². The summed E-state index contributed by atoms with van der Waals surface area (Å²) in [5.41, 5.74) is 1.71. The van der Waals surface area contributed by atoms with Crippen LogP contribution in [0, 0.1) is 18.3 Å². The molecule has 1 aromatic rings. The van der Waals surface area contributed by atoms with E-state index in [4.69, 9.17) is 4.74 Å². The number of para-hydroxylation sites is 1. The average Bonchev–Trinajstić information content (AvgIpc) is 2.57. The van der Waals surface area contributed by atoms with Crippen molar-refractivity contribution >= 4 is 0 Å². The average molecular weight is 330 g/mol. The Hall–Kier alpha value is -1.53. The lowest BCUT2D eigenvalue weighted by Crippen LogP contribution is -2.52. The summed E-state index contributed by atoms with van der Waals surface area (Å²) < 4.78 is 7.31. The molecular weight excluding hydrogens is 296 g/mol. The van der Waals surface area contributed by atoms with Gasteiger partial charge in [-0.25, -0.2) is 0 Å². The lowest BCUT2D eigenvalue weighted by molar-refractivity contribution is -0.929. The number of nitriles is 1. The molecule has 3 heteroatoms. The summed E-state index contributed by atoms with van der Waals surface area (Å²) >= 11 is 0. The monoisotopic (exact) mass is 329 g/mol. The number of unbranched alkanes of at least 4 members (excludes halogenated alkanes) is 1. The van der Waals surface area contributed by atoms with Gasteiger partial charge >= 0.3 is 0 Å². The van der Waals surface area contributed by atoms with E-state index in [1.54, 1.807) is 0 Å². The van der Waals surface area contributed by atoms with Gasteiger partial charge in [-0.2, -0.15) is 5.26 Å². The first-order valence-corrected chi connectivity index (χ1v) is 9.68. The van der Waals surface area contributed by atoms with Crippen molar-refractivity contribution in [2.75, 3.05) is 32.8 Å². The first-order chi connectivity index (χ1) is 11.7. The van der Waals surface area contributed by atoms with Crippen LogP contribution >= 0.6 is 0 Å². The minimum absolute atomic E-state index is 0.655. The molecule has 1 aliphatic heterocycles. The van der Waals surface area contributed by atoms with Gasteiger partial charge in [-0.3, -0.25) is 0 Å². The van der Waals surface area contributed by atoms with Crippen LogP contribution in [0.4, 0.5) is 0 Å². The Kier molecular flexibility index (Phi) is 7.59. The molecule has 0 saturated carbocycles. The Balaban J connectivity index is 2.01. The summed E-state index contributed by atoms with van der Waals surface area (Å²) in [5, 5.41) is 9.29. The van der Waals surface area contributed by atoms with Crippen molar-refractivity contribution in [2.24, 2.45) is 0 Å². The minimum Gasteiger partial charge on any atom is -0.486 e. The molecule has 0 aliphatic carbocycles. The van der Waals surface area contributed by atoms with E-state index in [1.165, 1.54) is 69.1 Å². The van der Waals surface area contributed by atoms with E-state index in [2.05, 4.69) is 13.0 Å². The zero-order chi connectivity index (χ0) is 17.3. The van der Waals surface area contributed by atoms with Gasteiger partial charge < -0.3 is 9.22 Å². The largest absolute Gasteiger partial charge is 0.486 e. The quantitative estimate of drug-likeness (QED) is 0.671. The maximum absolute atomic E-state index is 9.29. The molecule has 132 valence electrons. The number of ether oxygens (including phenoxy) is 1. The van der Waals surface area contributed by atoms with E-state index in [0.29, 0.717) is 12.2 Å². The molecule has 1 aliphatic rings. The topological polar surface area (TPSA) is 33.0 Å². The molecule has 2 rings (SSSR count). The smallest absolute Gasteiger partial charge is 0.140 e. The lowest BCUT2D eigenvalue weighted by Gasteiger charge is -2.40. The molecule has 1 saturated heterocycles. The van der Waals surface area contributed by atoms with Gasteiger partial charge in [0.15, 0.2) is 0 Å². The Morgan fingerprint density at radius 2 is 1.79 bits per heavy atom. The van der Waals surface area contributed by atoms with Gasteiger partial charge in [0.05, 0.1) is 25.2 Å². The molecule has 0 aromatic heterocycles. The van der Waals surface area contributed by atoms with E-state index < -0.39 is 0 Å². The predicted molar refractivity (Wildman–Crippen MR) is 99.1 cm³/mol. The molecule has 0 amide bonds. The van der Waals surface area contributed by atoms with Crippen molar-refractivity contribution < 1.29 is 9.22 Å². The number of aryl methyl sites for hydroxylation is 1. The molecule has 0 radical (unpaired) electrons. The molecule has 0 atom stereocenters. The van der Waals surface area contributed by atoms with Crippen molar-refractivity contribution in [1.29, 1.82) is 5.26 Å². The zero-order valence-corrected chi connectivity index (χ0v) is 15.5. The van der Waals surface area contributed by atoms with Crippen LogP contribution in [0.5, 0.6) is 5.75 Å². The molecule has 1 fully saturated rings. The van der Waals surface area contributed by atoms with Crippen molar-refractivity contribution in [3.05, 3.63) is 29.3 Å². The van der Waals surface area contributed by atoms with Crippen LogP contribution in [0.2, 0.25) is 0 Å². The Labute approximate surface area is 147 Å². The van der Waals surface area contributed by atoms with E-state index in [9.17, 15) is 5.26 Å². The second-order valence-corrected chi connectivity index (χ2v) is 7.27. The van der Waals surface area contributed by atoms with Crippen molar-refractivity contribution in [3.63, 3.8) is 0 Å². The number of hydrogen-bond donors (Lipinski definition) is 0. The number of hydrogen-bond acceptors (Lipinski definition) is 2. The van der Waals surface area contributed by atoms with Gasteiger partial charge in [-0.1, -0.05) is 31.9 Å². The standard InChI is InChI=1S/C21H33N2O/c1-3-4-13-23(14-8-6-5-7-9-15-23)16-17-24-21-19(2)11-10-12-20(21)18-22/h10-12H,3-9,13-17H2,1-2H3/q+1. The van der Waals surface area contributed by atoms with Gasteiger partial charge in [-0.15, -0.1) is 0 Å². The molecule has 0 spiro atoms. The number of rotatable bonds is 7. The zero-order valence-electron chi connectivity index (χ0n) is 15.5. The SMILES string of the molecule is CCCC[N+]1(CCOc2c(C)cccc2C#N)CCCCCCC1. The fraction of sp³-hybridized carbons (Fsp3) is 0.667. The summed E-state index contributed by atoms with van der Waals surface area (Å²) in [6, 6.07) is 8.05. The third-order valence-corrected chi connectivity index (χ3v) is 5.40. The highest BCUT2D eigenvalue weighted by molar-refractivity contribution is 5.47. The van der Waals surface area contributed by atoms with Crippen LogP contribution in [0.1, 0.15) is 63.0 Å². The Morgan fingerprint density at radius 3 is 2.46 bits per heavy atom. The van der Waals surface area contributed by atoms with Gasteiger partial charge in [0.2, 0.25) is 0 Å². The highest BCUT2D eigenvalue weighted by atomic mass is 16.5. The van der Waals surface area contributed by atoms with Crippen molar-refractivity contribution in [3.8, 4) is 11.8 Å². The first-order valence-electron chi connectivity index (χ1n) is 9.68. The molecule has 1 heterocycles. The van der Waals surface area contributed by atoms with Gasteiger partial charge in [-0.05, 0) is 50.7 Å². The van der Waals surface area contributed by atoms with Gasteiger partial charge in [0.25, 0.3) is 0 Å². The summed E-state index contributed by atoms with van der Waals surface area (Å²) in [6.07, 6.45) is 9.41. The summed E-state index contributed by atoms with van der Waals surface area (Å²) in [5.74, 6) is 0.778. The van der Waals surface area contributed by atoms with Crippen LogP contribution in [0.25, 0.3) is 0 Å². The highest BCUT2D eigenvalue weighted by Crippen LogP contribution is 2.24. The van der Waals surface area contributed by atoms with E-state index in [-0.39, 0.29) is 0 Å². The number of quaternary nitrogens is 1. The van der Waals surface area contributed by atoms with E-state index in [1.807, 2.05) is 25.1 Å². The molecule has 1 aromatic carbocycles. The second-order valence-electron chi connectivity index (χ2n) is 7.27. The van der Waals surface area contributed by atoms with Gasteiger partial charge in [0, 0.05) is 0 Å².